The molecule has 1 aromatic heterocycles. The van der Waals surface area contributed by atoms with Gasteiger partial charge in [0.05, 0.1) is 13.2 Å². The summed E-state index contributed by atoms with van der Waals surface area (Å²) in [5.41, 5.74) is 2.10. The van der Waals surface area contributed by atoms with Crippen molar-refractivity contribution < 1.29 is 9.47 Å². The zero-order valence-electron chi connectivity index (χ0n) is 16.5. The van der Waals surface area contributed by atoms with Crippen molar-refractivity contribution in [2.24, 2.45) is 4.99 Å². The van der Waals surface area contributed by atoms with Crippen molar-refractivity contribution in [1.82, 2.24) is 15.6 Å². The molecule has 0 aliphatic carbocycles. The third-order valence-corrected chi connectivity index (χ3v) is 3.63. The number of nitrogens with one attached hydrogen (secondary N) is 2. The number of aliphatic imine (C=N–C) groups is 1. The molecular formula is C21H29IN4O2. The number of ether oxygens (including phenoxy) is 2. The number of rotatable bonds is 10. The minimum absolute atomic E-state index is 0. The first-order chi connectivity index (χ1) is 13.3. The Kier molecular flexibility index (Phi) is 11.7. The molecule has 2 rings (SSSR count). The van der Waals surface area contributed by atoms with E-state index in [1.807, 2.05) is 50.2 Å². The fourth-order valence-electron chi connectivity index (χ4n) is 2.41. The van der Waals surface area contributed by atoms with Crippen LogP contribution in [0.2, 0.25) is 0 Å². The Balaban J connectivity index is 0.00000392. The zero-order valence-corrected chi connectivity index (χ0v) is 18.8. The summed E-state index contributed by atoms with van der Waals surface area (Å²) in [5.74, 6) is 2.21. The first-order valence-corrected chi connectivity index (χ1v) is 9.18. The summed E-state index contributed by atoms with van der Waals surface area (Å²) in [6.07, 6.45) is 3.48. The SMILES string of the molecule is C=CCOc1ccccc1CNC(=NCc1ccnc(OCC)c1)NCC.I. The molecule has 6 nitrogen and oxygen atoms in total. The van der Waals surface area contributed by atoms with E-state index in [4.69, 9.17) is 9.47 Å². The van der Waals surface area contributed by atoms with Gasteiger partial charge in [-0.2, -0.15) is 0 Å². The van der Waals surface area contributed by atoms with Gasteiger partial charge in [0.25, 0.3) is 0 Å². The van der Waals surface area contributed by atoms with Gasteiger partial charge in [-0.1, -0.05) is 30.9 Å². The molecule has 0 atom stereocenters. The van der Waals surface area contributed by atoms with E-state index < -0.39 is 0 Å². The first kappa shape index (κ1) is 23.7. The van der Waals surface area contributed by atoms with Crippen LogP contribution in [0.15, 0.2) is 60.2 Å². The lowest BCUT2D eigenvalue weighted by Gasteiger charge is -2.14. The van der Waals surface area contributed by atoms with Gasteiger partial charge in [0.1, 0.15) is 12.4 Å². The van der Waals surface area contributed by atoms with Gasteiger partial charge in [0.2, 0.25) is 5.88 Å². The van der Waals surface area contributed by atoms with Gasteiger partial charge >= 0.3 is 0 Å². The second-order valence-electron chi connectivity index (χ2n) is 5.69. The van der Waals surface area contributed by atoms with Gasteiger partial charge in [-0.15, -0.1) is 24.0 Å². The lowest BCUT2D eigenvalue weighted by molar-refractivity contribution is 0.326. The summed E-state index contributed by atoms with van der Waals surface area (Å²) < 4.78 is 11.1. The summed E-state index contributed by atoms with van der Waals surface area (Å²) in [5, 5.41) is 6.61. The quantitative estimate of drug-likeness (QED) is 0.226. The Labute approximate surface area is 184 Å². The standard InChI is InChI=1S/C21H28N4O2.HI/c1-4-13-27-19-10-8-7-9-18(19)16-25-21(22-5-2)24-15-17-11-12-23-20(14-17)26-6-3;/h4,7-12,14H,1,5-6,13,15-16H2,2-3H3,(H2,22,24,25);1H. The van der Waals surface area contributed by atoms with E-state index in [0.29, 0.717) is 32.2 Å². The summed E-state index contributed by atoms with van der Waals surface area (Å²) in [7, 11) is 0. The van der Waals surface area contributed by atoms with Gasteiger partial charge in [-0.05, 0) is 31.5 Å². The van der Waals surface area contributed by atoms with Crippen molar-refractivity contribution in [1.29, 1.82) is 0 Å². The van der Waals surface area contributed by atoms with Crippen molar-refractivity contribution in [2.75, 3.05) is 19.8 Å². The van der Waals surface area contributed by atoms with Gasteiger partial charge in [-0.25, -0.2) is 9.98 Å². The molecule has 0 saturated carbocycles. The summed E-state index contributed by atoms with van der Waals surface area (Å²) in [6, 6.07) is 11.8. The second-order valence-corrected chi connectivity index (χ2v) is 5.69. The number of para-hydroxylation sites is 1. The van der Waals surface area contributed by atoms with E-state index in [-0.39, 0.29) is 24.0 Å². The highest BCUT2D eigenvalue weighted by molar-refractivity contribution is 14.0. The number of halogens is 1. The van der Waals surface area contributed by atoms with Crippen molar-refractivity contribution in [3.05, 3.63) is 66.4 Å². The van der Waals surface area contributed by atoms with Crippen molar-refractivity contribution in [3.63, 3.8) is 0 Å². The Morgan fingerprint density at radius 1 is 1.18 bits per heavy atom. The highest BCUT2D eigenvalue weighted by Gasteiger charge is 2.05. The minimum atomic E-state index is 0. The lowest BCUT2D eigenvalue weighted by Crippen LogP contribution is -2.36. The van der Waals surface area contributed by atoms with E-state index in [9.17, 15) is 0 Å². The fraction of sp³-hybridized carbons (Fsp3) is 0.333. The van der Waals surface area contributed by atoms with E-state index in [2.05, 4.69) is 27.2 Å². The largest absolute Gasteiger partial charge is 0.489 e. The number of pyridine rings is 1. The number of aromatic nitrogens is 1. The summed E-state index contributed by atoms with van der Waals surface area (Å²) >= 11 is 0. The third kappa shape index (κ3) is 8.16. The molecule has 2 aromatic rings. The van der Waals surface area contributed by atoms with E-state index in [1.54, 1.807) is 12.3 Å². The smallest absolute Gasteiger partial charge is 0.213 e. The molecule has 0 aliphatic heterocycles. The van der Waals surface area contributed by atoms with E-state index in [0.717, 1.165) is 29.4 Å². The van der Waals surface area contributed by atoms with Gasteiger partial charge in [0, 0.05) is 30.9 Å². The second kappa shape index (κ2) is 13.8. The topological polar surface area (TPSA) is 67.8 Å². The van der Waals surface area contributed by atoms with Crippen LogP contribution in [0.3, 0.4) is 0 Å². The monoisotopic (exact) mass is 496 g/mol. The van der Waals surface area contributed by atoms with Crippen LogP contribution < -0.4 is 20.1 Å². The highest BCUT2D eigenvalue weighted by atomic mass is 127. The molecule has 152 valence electrons. The Hall–Kier alpha value is -2.29. The predicted octanol–water partition coefficient (Wildman–Crippen LogP) is 3.92. The van der Waals surface area contributed by atoms with Crippen LogP contribution in [0.25, 0.3) is 0 Å². The number of nitrogens with zero attached hydrogens (tertiary/aromatic N) is 2. The van der Waals surface area contributed by atoms with Crippen LogP contribution in [-0.4, -0.2) is 30.7 Å². The van der Waals surface area contributed by atoms with Gasteiger partial charge in [-0.3, -0.25) is 0 Å². The van der Waals surface area contributed by atoms with Gasteiger partial charge in [0.15, 0.2) is 5.96 Å². The van der Waals surface area contributed by atoms with Crippen LogP contribution in [0.1, 0.15) is 25.0 Å². The molecule has 0 fully saturated rings. The molecule has 0 saturated heterocycles. The van der Waals surface area contributed by atoms with Crippen LogP contribution in [0.4, 0.5) is 0 Å². The lowest BCUT2D eigenvalue weighted by atomic mass is 10.2. The average molecular weight is 496 g/mol. The van der Waals surface area contributed by atoms with Crippen molar-refractivity contribution in [3.8, 4) is 11.6 Å². The molecule has 0 aliphatic rings. The first-order valence-electron chi connectivity index (χ1n) is 9.18. The average Bonchev–Trinajstić information content (AvgIpc) is 2.69. The normalized spacial score (nSPS) is 10.6. The molecule has 0 spiro atoms. The molecule has 0 radical (unpaired) electrons. The molecule has 1 heterocycles. The molecule has 0 amide bonds. The molecule has 1 aromatic carbocycles. The maximum atomic E-state index is 5.70. The predicted molar refractivity (Wildman–Crippen MR) is 125 cm³/mol. The molecule has 0 unspecified atom stereocenters. The maximum Gasteiger partial charge on any atom is 0.213 e. The van der Waals surface area contributed by atoms with Crippen LogP contribution in [0.5, 0.6) is 11.6 Å². The van der Waals surface area contributed by atoms with Crippen LogP contribution >= 0.6 is 24.0 Å². The summed E-state index contributed by atoms with van der Waals surface area (Å²) in [6.45, 7) is 10.7. The van der Waals surface area contributed by atoms with E-state index in [1.165, 1.54) is 0 Å². The zero-order chi connectivity index (χ0) is 19.3. The fourth-order valence-corrected chi connectivity index (χ4v) is 2.41. The molecule has 7 heteroatoms. The number of guanidine groups is 1. The van der Waals surface area contributed by atoms with Crippen LogP contribution in [-0.2, 0) is 13.1 Å². The van der Waals surface area contributed by atoms with Gasteiger partial charge < -0.3 is 20.1 Å². The molecular weight excluding hydrogens is 467 g/mol. The number of hydrogen-bond acceptors (Lipinski definition) is 4. The Bertz CT molecular complexity index is 753. The van der Waals surface area contributed by atoms with Crippen molar-refractivity contribution >= 4 is 29.9 Å². The van der Waals surface area contributed by atoms with Crippen LogP contribution in [0, 0.1) is 0 Å². The third-order valence-electron chi connectivity index (χ3n) is 3.63. The molecule has 28 heavy (non-hydrogen) atoms. The van der Waals surface area contributed by atoms with E-state index >= 15 is 0 Å². The summed E-state index contributed by atoms with van der Waals surface area (Å²) in [4.78, 5) is 8.83. The maximum absolute atomic E-state index is 5.70. The molecule has 2 N–H and O–H groups in total. The number of hydrogen-bond donors (Lipinski definition) is 2. The minimum Gasteiger partial charge on any atom is -0.489 e. The molecule has 0 bridgehead atoms. The van der Waals surface area contributed by atoms with Crippen molar-refractivity contribution in [2.45, 2.75) is 26.9 Å². The highest BCUT2D eigenvalue weighted by Crippen LogP contribution is 2.17. The Morgan fingerprint density at radius 3 is 2.75 bits per heavy atom. The number of benzene rings is 1. The Morgan fingerprint density at radius 2 is 2.00 bits per heavy atom.